The average molecular weight is 390 g/mol. The number of methoxy groups -OCH3 is 1. The van der Waals surface area contributed by atoms with Gasteiger partial charge in [-0.05, 0) is 36.4 Å². The molecular weight excluding hydrogens is 366 g/mol. The zero-order chi connectivity index (χ0) is 18.5. The summed E-state index contributed by atoms with van der Waals surface area (Å²) in [6.45, 7) is 1.68. The Morgan fingerprint density at radius 2 is 1.70 bits per heavy atom. The van der Waals surface area contributed by atoms with Crippen LogP contribution >= 0.6 is 0 Å². The first kappa shape index (κ1) is 20.8. The molecule has 6 heteroatoms. The van der Waals surface area contributed by atoms with E-state index in [0.717, 1.165) is 24.3 Å². The lowest BCUT2D eigenvalue weighted by Gasteiger charge is -2.09. The molecule has 2 aromatic carbocycles. The minimum atomic E-state index is -0.0696. The zero-order valence-corrected chi connectivity index (χ0v) is 16.5. The molecule has 0 atom stereocenters. The molecule has 5 nitrogen and oxygen atoms in total. The summed E-state index contributed by atoms with van der Waals surface area (Å²) >= 11 is 0. The van der Waals surface area contributed by atoms with Crippen molar-refractivity contribution < 1.29 is 31.2 Å². The third-order valence-corrected chi connectivity index (χ3v) is 4.17. The average Bonchev–Trinajstić information content (AvgIpc) is 2.65. The fourth-order valence-corrected chi connectivity index (χ4v) is 2.74. The molecule has 1 aromatic heterocycles. The van der Waals surface area contributed by atoms with Crippen molar-refractivity contribution in [2.24, 2.45) is 0 Å². The molecule has 0 saturated heterocycles. The van der Waals surface area contributed by atoms with Gasteiger partial charge in [0.15, 0.2) is 5.43 Å². The van der Waals surface area contributed by atoms with Gasteiger partial charge in [0.2, 0.25) is 0 Å². The van der Waals surface area contributed by atoms with E-state index in [9.17, 15) is 4.79 Å². The van der Waals surface area contributed by atoms with Gasteiger partial charge in [-0.15, -0.1) is 0 Å². The summed E-state index contributed by atoms with van der Waals surface area (Å²) in [6.07, 6.45) is 0.968. The lowest BCUT2D eigenvalue weighted by Crippen LogP contribution is -3.05. The highest BCUT2D eigenvalue weighted by Crippen LogP contribution is 2.26. The van der Waals surface area contributed by atoms with Crippen LogP contribution in [0.5, 0.6) is 11.5 Å². The number of hydrogen-bond acceptors (Lipinski definition) is 4. The van der Waals surface area contributed by atoms with Crippen molar-refractivity contribution in [1.29, 1.82) is 0 Å². The maximum absolute atomic E-state index is 12.4. The number of rotatable bonds is 7. The van der Waals surface area contributed by atoms with Crippen molar-refractivity contribution in [3.05, 3.63) is 58.8 Å². The highest BCUT2D eigenvalue weighted by atomic mass is 35.5. The summed E-state index contributed by atoms with van der Waals surface area (Å²) in [5.41, 5.74) is 1.28. The van der Waals surface area contributed by atoms with Crippen molar-refractivity contribution >= 4 is 11.0 Å². The Morgan fingerprint density at radius 1 is 1.00 bits per heavy atom. The van der Waals surface area contributed by atoms with Gasteiger partial charge in [0.25, 0.3) is 0 Å². The van der Waals surface area contributed by atoms with Gasteiger partial charge in [0.05, 0.1) is 39.7 Å². The first-order valence-electron chi connectivity index (χ1n) is 8.71. The summed E-state index contributed by atoms with van der Waals surface area (Å²) in [5.74, 6) is 1.99. The Balaban J connectivity index is 0.00000261. The number of fused-ring (bicyclic) bond motifs is 1. The molecule has 0 saturated carbocycles. The topological polar surface area (TPSA) is 53.1 Å². The van der Waals surface area contributed by atoms with E-state index in [1.54, 1.807) is 19.2 Å². The third-order valence-electron chi connectivity index (χ3n) is 4.17. The predicted octanol–water partition coefficient (Wildman–Crippen LogP) is -0.614. The summed E-state index contributed by atoms with van der Waals surface area (Å²) in [5, 5.41) is 0.548. The largest absolute Gasteiger partial charge is 1.00 e. The smallest absolute Gasteiger partial charge is 0.193 e. The van der Waals surface area contributed by atoms with Gasteiger partial charge in [-0.3, -0.25) is 4.79 Å². The minimum Gasteiger partial charge on any atom is -1.00 e. The van der Waals surface area contributed by atoms with Crippen LogP contribution in [0.25, 0.3) is 22.3 Å². The molecular formula is C21H24ClNO4. The molecule has 0 aliphatic heterocycles. The SMILES string of the molecule is COc1ccc(-c2cc(=O)c3ccc(OCCC[NH+](C)C)cc3o2)cc1.[Cl-]. The first-order valence-corrected chi connectivity index (χ1v) is 8.71. The molecule has 3 rings (SSSR count). The van der Waals surface area contributed by atoms with Crippen molar-refractivity contribution in [2.75, 3.05) is 34.4 Å². The molecule has 27 heavy (non-hydrogen) atoms. The van der Waals surface area contributed by atoms with Crippen LogP contribution < -0.4 is 32.2 Å². The van der Waals surface area contributed by atoms with Crippen LogP contribution in [-0.2, 0) is 0 Å². The standard InChI is InChI=1S/C21H23NO4.ClH/c1-22(2)11-4-12-25-17-9-10-18-19(23)14-20(26-21(18)13-17)15-5-7-16(24-3)8-6-15;/h5-10,13-14H,4,11-12H2,1-3H3;1H. The zero-order valence-electron chi connectivity index (χ0n) is 15.8. The molecule has 0 unspecified atom stereocenters. The number of ether oxygens (including phenoxy) is 2. The van der Waals surface area contributed by atoms with Crippen LogP contribution in [0.3, 0.4) is 0 Å². The van der Waals surface area contributed by atoms with E-state index in [-0.39, 0.29) is 17.8 Å². The molecule has 0 aliphatic rings. The number of hydrogen-bond donors (Lipinski definition) is 1. The van der Waals surface area contributed by atoms with E-state index in [1.807, 2.05) is 30.3 Å². The van der Waals surface area contributed by atoms with Crippen molar-refractivity contribution in [3.63, 3.8) is 0 Å². The summed E-state index contributed by atoms with van der Waals surface area (Å²) in [7, 11) is 5.85. The highest BCUT2D eigenvalue weighted by molar-refractivity contribution is 5.80. The van der Waals surface area contributed by atoms with Gasteiger partial charge in [-0.2, -0.15) is 0 Å². The lowest BCUT2D eigenvalue weighted by molar-refractivity contribution is -0.858. The maximum Gasteiger partial charge on any atom is 0.193 e. The summed E-state index contributed by atoms with van der Waals surface area (Å²) in [4.78, 5) is 13.8. The second kappa shape index (κ2) is 9.44. The number of benzene rings is 2. The molecule has 0 radical (unpaired) electrons. The van der Waals surface area contributed by atoms with E-state index >= 15 is 0 Å². The summed E-state index contributed by atoms with van der Waals surface area (Å²) in [6, 6.07) is 14.3. The van der Waals surface area contributed by atoms with Crippen molar-refractivity contribution in [2.45, 2.75) is 6.42 Å². The van der Waals surface area contributed by atoms with E-state index in [0.29, 0.717) is 29.1 Å². The molecule has 3 aromatic rings. The Kier molecular flexibility index (Phi) is 7.28. The van der Waals surface area contributed by atoms with Gasteiger partial charge in [0, 0.05) is 24.1 Å². The van der Waals surface area contributed by atoms with Crippen LogP contribution in [0.4, 0.5) is 0 Å². The van der Waals surface area contributed by atoms with E-state index in [2.05, 4.69) is 14.1 Å². The molecule has 144 valence electrons. The second-order valence-electron chi connectivity index (χ2n) is 6.52. The van der Waals surface area contributed by atoms with Gasteiger partial charge in [-0.25, -0.2) is 0 Å². The second-order valence-corrected chi connectivity index (χ2v) is 6.52. The fraction of sp³-hybridized carbons (Fsp3) is 0.286. The van der Waals surface area contributed by atoms with E-state index in [1.165, 1.54) is 11.0 Å². The predicted molar refractivity (Wildman–Crippen MR) is 102 cm³/mol. The quantitative estimate of drug-likeness (QED) is 0.548. The van der Waals surface area contributed by atoms with E-state index in [4.69, 9.17) is 13.9 Å². The normalized spacial score (nSPS) is 10.7. The van der Waals surface area contributed by atoms with Gasteiger partial charge in [-0.1, -0.05) is 0 Å². The molecule has 0 bridgehead atoms. The highest BCUT2D eigenvalue weighted by Gasteiger charge is 2.09. The van der Waals surface area contributed by atoms with Crippen LogP contribution in [-0.4, -0.2) is 34.4 Å². The summed E-state index contributed by atoms with van der Waals surface area (Å²) < 4.78 is 16.9. The molecule has 1 N–H and O–H groups in total. The van der Waals surface area contributed by atoms with Crippen LogP contribution in [0, 0.1) is 0 Å². The van der Waals surface area contributed by atoms with Gasteiger partial charge < -0.3 is 31.2 Å². The molecule has 0 amide bonds. The van der Waals surface area contributed by atoms with Crippen LogP contribution in [0.1, 0.15) is 6.42 Å². The first-order chi connectivity index (χ1) is 12.6. The minimum absolute atomic E-state index is 0. The molecule has 0 aliphatic carbocycles. The van der Waals surface area contributed by atoms with Gasteiger partial charge >= 0.3 is 0 Å². The van der Waals surface area contributed by atoms with Crippen molar-refractivity contribution in [3.8, 4) is 22.8 Å². The molecule has 0 spiro atoms. The Morgan fingerprint density at radius 3 is 2.37 bits per heavy atom. The maximum atomic E-state index is 12.4. The number of quaternary nitrogens is 1. The Bertz CT molecular complexity index is 935. The monoisotopic (exact) mass is 389 g/mol. The third kappa shape index (κ3) is 5.25. The lowest BCUT2D eigenvalue weighted by atomic mass is 10.1. The van der Waals surface area contributed by atoms with Crippen LogP contribution in [0.2, 0.25) is 0 Å². The molecule has 1 heterocycles. The van der Waals surface area contributed by atoms with Gasteiger partial charge in [0.1, 0.15) is 22.8 Å². The fourth-order valence-electron chi connectivity index (χ4n) is 2.74. The van der Waals surface area contributed by atoms with Crippen molar-refractivity contribution in [1.82, 2.24) is 0 Å². The Labute approximate surface area is 164 Å². The number of nitrogens with one attached hydrogen (secondary N) is 1. The Hall–Kier alpha value is -2.50. The molecule has 0 fully saturated rings. The number of halogens is 1. The van der Waals surface area contributed by atoms with Crippen LogP contribution in [0.15, 0.2) is 57.7 Å². The van der Waals surface area contributed by atoms with E-state index < -0.39 is 0 Å².